The molecule has 0 spiro atoms. The summed E-state index contributed by atoms with van der Waals surface area (Å²) in [4.78, 5) is 137. The number of alkyl carbamates (subject to hydrolysis) is 3. The second kappa shape index (κ2) is 43.7. The van der Waals surface area contributed by atoms with Gasteiger partial charge in [0.2, 0.25) is 12.2 Å². The molecule has 0 heterocycles. The van der Waals surface area contributed by atoms with Gasteiger partial charge in [0.15, 0.2) is 12.1 Å². The number of carbonyl (C=O) groups is 9. The fourth-order valence-electron chi connectivity index (χ4n) is 6.24. The summed E-state index contributed by atoms with van der Waals surface area (Å²) in [5.74, 6) is -3.43. The monoisotopic (exact) mass is 1060 g/mol. The second-order valence-electron chi connectivity index (χ2n) is 16.9. The van der Waals surface area contributed by atoms with Gasteiger partial charge >= 0.3 is 54.1 Å². The molecule has 3 amide bonds. The number of nitrogens with zero attached hydrogens (tertiary/aromatic N) is 2. The summed E-state index contributed by atoms with van der Waals surface area (Å²) >= 11 is 0. The van der Waals surface area contributed by atoms with Crippen LogP contribution in [-0.4, -0.2) is 158 Å². The van der Waals surface area contributed by atoms with E-state index in [-0.39, 0.29) is 104 Å². The van der Waals surface area contributed by atoms with Gasteiger partial charge in [-0.2, -0.15) is 9.98 Å². The number of amides is 3. The Morgan fingerprint density at radius 2 is 0.851 bits per heavy atom. The van der Waals surface area contributed by atoms with Crippen molar-refractivity contribution < 1.29 is 95.4 Å². The Kier molecular flexibility index (Phi) is 39.6. The molecule has 0 aliphatic carbocycles. The fourth-order valence-corrected chi connectivity index (χ4v) is 6.24. The highest BCUT2D eigenvalue weighted by molar-refractivity contribution is 5.87. The molecule has 0 radical (unpaired) electrons. The third-order valence-corrected chi connectivity index (χ3v) is 10.8. The molecule has 25 heteroatoms. The number of methoxy groups -OCH3 is 2. The van der Waals surface area contributed by atoms with Crippen LogP contribution in [-0.2, 0) is 81.0 Å². The normalized spacial score (nSPS) is 12.0. The molecular formula is C49H77N5O20. The molecule has 74 heavy (non-hydrogen) atoms. The minimum atomic E-state index is -1.06. The molecule has 0 aliphatic heterocycles. The molecular weight excluding hydrogens is 979 g/mol. The van der Waals surface area contributed by atoms with Crippen LogP contribution in [0.2, 0.25) is 0 Å². The third kappa shape index (κ3) is 36.1. The summed E-state index contributed by atoms with van der Waals surface area (Å²) in [6.07, 6.45) is 8.03. The lowest BCUT2D eigenvalue weighted by molar-refractivity contribution is -0.162. The van der Waals surface area contributed by atoms with Gasteiger partial charge in [-0.1, -0.05) is 13.5 Å². The lowest BCUT2D eigenvalue weighted by Gasteiger charge is -2.31. The molecule has 418 valence electrons. The van der Waals surface area contributed by atoms with E-state index in [9.17, 15) is 52.7 Å². The van der Waals surface area contributed by atoms with Gasteiger partial charge in [0.05, 0.1) is 46.0 Å². The van der Waals surface area contributed by atoms with Gasteiger partial charge in [-0.25, -0.2) is 38.4 Å². The van der Waals surface area contributed by atoms with Crippen LogP contribution in [0.1, 0.15) is 136 Å². The first-order chi connectivity index (χ1) is 35.6. The Balaban J connectivity index is 4.91. The van der Waals surface area contributed by atoms with Crippen LogP contribution in [0, 0.1) is 5.41 Å². The molecule has 0 rings (SSSR count). The Hall–Kier alpha value is -6.87. The number of nitrogens with one attached hydrogen (secondary N) is 3. The van der Waals surface area contributed by atoms with Gasteiger partial charge in [-0.15, -0.1) is 0 Å². The average Bonchev–Trinajstić information content (AvgIpc) is 3.38. The molecule has 25 nitrogen and oxygen atoms in total. The number of carbonyl (C=O) groups excluding carboxylic acids is 11. The second-order valence-corrected chi connectivity index (χ2v) is 16.9. The van der Waals surface area contributed by atoms with Crippen molar-refractivity contribution in [3.63, 3.8) is 0 Å². The molecule has 2 unspecified atom stereocenters. The van der Waals surface area contributed by atoms with Gasteiger partial charge in [-0.3, -0.25) is 14.4 Å². The zero-order valence-corrected chi connectivity index (χ0v) is 43.4. The summed E-state index contributed by atoms with van der Waals surface area (Å²) < 4.78 is 46.3. The minimum Gasteiger partial charge on any atom is -0.467 e. The number of hydrogen-bond donors (Lipinski definition) is 3. The number of ether oxygens (including phenoxy) is 9. The molecule has 0 aromatic rings. The molecule has 3 N–H and O–H groups in total. The number of aliphatic imine (C=N–C) groups is 2. The summed E-state index contributed by atoms with van der Waals surface area (Å²) in [5, 5.41) is 7.65. The minimum absolute atomic E-state index is 0.0387. The zero-order valence-electron chi connectivity index (χ0n) is 43.4. The molecule has 0 aromatic carbocycles. The van der Waals surface area contributed by atoms with Crippen LogP contribution in [0.3, 0.4) is 0 Å². The predicted molar refractivity (Wildman–Crippen MR) is 260 cm³/mol. The molecule has 0 aromatic heterocycles. The molecule has 0 saturated heterocycles. The number of hydrogen-bond acceptors (Lipinski definition) is 22. The lowest BCUT2D eigenvalue weighted by atomic mass is 9.88. The van der Waals surface area contributed by atoms with E-state index in [1.165, 1.54) is 33.3 Å². The number of esters is 6. The quantitative estimate of drug-likeness (QED) is 0.0179. The Morgan fingerprint density at radius 3 is 1.18 bits per heavy atom. The topological polar surface area (TPSA) is 332 Å². The van der Waals surface area contributed by atoms with Crippen LogP contribution in [0.15, 0.2) is 22.1 Å². The van der Waals surface area contributed by atoms with Crippen molar-refractivity contribution in [3.05, 3.63) is 12.2 Å². The summed E-state index contributed by atoms with van der Waals surface area (Å²) in [5.41, 5.74) is -0.824. The molecule has 0 saturated carbocycles. The fraction of sp³-hybridized carbons (Fsp3) is 0.735. The van der Waals surface area contributed by atoms with E-state index in [1.807, 2.05) is 0 Å². The van der Waals surface area contributed by atoms with Gasteiger partial charge in [0.25, 0.3) is 0 Å². The maximum Gasteiger partial charge on any atom is 0.407 e. The average molecular weight is 1060 g/mol. The summed E-state index contributed by atoms with van der Waals surface area (Å²) in [6, 6.07) is -1.88. The van der Waals surface area contributed by atoms with Gasteiger partial charge in [-0.05, 0) is 110 Å². The number of rotatable bonds is 43. The van der Waals surface area contributed by atoms with E-state index in [1.54, 1.807) is 6.92 Å². The Morgan fingerprint density at radius 1 is 0.486 bits per heavy atom. The summed E-state index contributed by atoms with van der Waals surface area (Å²) in [7, 11) is 2.38. The van der Waals surface area contributed by atoms with Crippen molar-refractivity contribution in [1.29, 1.82) is 0 Å². The van der Waals surface area contributed by atoms with Crippen molar-refractivity contribution in [1.82, 2.24) is 16.0 Å². The third-order valence-electron chi connectivity index (χ3n) is 10.8. The van der Waals surface area contributed by atoms with E-state index in [4.69, 9.17) is 33.2 Å². The van der Waals surface area contributed by atoms with Crippen molar-refractivity contribution >= 4 is 66.3 Å². The summed E-state index contributed by atoms with van der Waals surface area (Å²) in [6.45, 7) is 7.01. The van der Waals surface area contributed by atoms with Crippen molar-refractivity contribution in [2.75, 3.05) is 80.1 Å². The lowest BCUT2D eigenvalue weighted by Crippen LogP contribution is -2.39. The largest absolute Gasteiger partial charge is 0.467 e. The Labute approximate surface area is 432 Å². The van der Waals surface area contributed by atoms with E-state index in [2.05, 4.69) is 42.0 Å². The predicted octanol–water partition coefficient (Wildman–Crippen LogP) is 5.09. The Bertz CT molecular complexity index is 1750. The van der Waals surface area contributed by atoms with Crippen LogP contribution in [0.4, 0.5) is 14.4 Å². The van der Waals surface area contributed by atoms with Crippen LogP contribution in [0.25, 0.3) is 0 Å². The van der Waals surface area contributed by atoms with E-state index in [0.717, 1.165) is 0 Å². The SMILES string of the molecule is C=C(C)C(=O)OCCNC(=O)OCCCCCC(=O)OCC(CC)(COC(=O)CCCCCOC(=O)NCCCCC(N=C=O)C(=O)OC)COC(=O)CCCCCOC(=O)NCCCCC(N=C=O)C(=O)OC. The van der Waals surface area contributed by atoms with Crippen LogP contribution >= 0.6 is 0 Å². The first-order valence-electron chi connectivity index (χ1n) is 24.9. The van der Waals surface area contributed by atoms with E-state index >= 15 is 0 Å². The number of unbranched alkanes of at least 4 members (excludes halogenated alkanes) is 8. The molecule has 0 bridgehead atoms. The zero-order chi connectivity index (χ0) is 55.2. The number of isocyanates is 2. The van der Waals surface area contributed by atoms with E-state index < -0.39 is 71.6 Å². The highest BCUT2D eigenvalue weighted by Crippen LogP contribution is 2.26. The van der Waals surface area contributed by atoms with Crippen LogP contribution in [0.5, 0.6) is 0 Å². The van der Waals surface area contributed by atoms with Crippen molar-refractivity contribution in [2.24, 2.45) is 15.4 Å². The molecule has 0 aliphatic rings. The van der Waals surface area contributed by atoms with Gasteiger partial charge < -0.3 is 58.6 Å². The first kappa shape index (κ1) is 67.1. The molecule has 0 fully saturated rings. The first-order valence-corrected chi connectivity index (χ1v) is 24.9. The van der Waals surface area contributed by atoms with Gasteiger partial charge in [0.1, 0.15) is 26.4 Å². The maximum atomic E-state index is 12.8. The van der Waals surface area contributed by atoms with Crippen molar-refractivity contribution in [3.8, 4) is 0 Å². The highest BCUT2D eigenvalue weighted by Gasteiger charge is 2.34. The van der Waals surface area contributed by atoms with Gasteiger partial charge in [0, 0.05) is 37.9 Å². The van der Waals surface area contributed by atoms with Crippen molar-refractivity contribution in [2.45, 2.75) is 148 Å². The van der Waals surface area contributed by atoms with Crippen LogP contribution < -0.4 is 16.0 Å². The smallest absolute Gasteiger partial charge is 0.407 e. The maximum absolute atomic E-state index is 12.8. The standard InChI is InChI=1S/C49H77N5O20/c1-6-49(34-74-42(59)24-12-9-19-30-71-48(65)52-27-31-68-43(60)37(2)3,32-72-40(57)22-10-7-17-28-69-46(63)50-25-15-13-20-38(53-35-55)44(61)66-4)33-73-41(58)23-11-8-18-29-70-47(64)51-26-16-14-21-39(54-36-56)45(62)67-5/h38-39H,2,6-34H2,1,3-5H3,(H,50,63)(H,51,64)(H,52,65). The molecule has 2 atom stereocenters. The van der Waals surface area contributed by atoms with E-state index in [0.29, 0.717) is 89.9 Å². The highest BCUT2D eigenvalue weighted by atomic mass is 16.6.